The van der Waals surface area contributed by atoms with Crippen LogP contribution in [0, 0.1) is 0 Å². The van der Waals surface area contributed by atoms with Gasteiger partial charge < -0.3 is 19.5 Å². The molecule has 28 heavy (non-hydrogen) atoms. The van der Waals surface area contributed by atoms with E-state index in [1.807, 2.05) is 37.3 Å². The van der Waals surface area contributed by atoms with Crippen LogP contribution in [-0.2, 0) is 5.79 Å². The second-order valence-corrected chi connectivity index (χ2v) is 7.33. The minimum atomic E-state index is -1.07. The van der Waals surface area contributed by atoms with Crippen LogP contribution < -0.4 is 9.47 Å². The number of aliphatic hydroxyl groups is 1. The highest BCUT2D eigenvalue weighted by Gasteiger charge is 2.45. The predicted molar refractivity (Wildman–Crippen MR) is 106 cm³/mol. The van der Waals surface area contributed by atoms with Crippen LogP contribution in [0.2, 0.25) is 0 Å². The molecule has 1 atom stereocenters. The van der Waals surface area contributed by atoms with Gasteiger partial charge in [0.05, 0.1) is 6.10 Å². The predicted octanol–water partition coefficient (Wildman–Crippen LogP) is 3.87. The van der Waals surface area contributed by atoms with E-state index in [-0.39, 0.29) is 12.0 Å². The average molecular weight is 379 g/mol. The lowest BCUT2D eigenvalue weighted by Crippen LogP contribution is -2.40. The highest BCUT2D eigenvalue weighted by molar-refractivity contribution is 5.95. The molecule has 2 aromatic carbocycles. The SMILES string of the molecule is C=C(CC)C1(c2ccccc2)Oc2ccc(C(=O)N3CCC(O)CC3)cc2O1. The van der Waals surface area contributed by atoms with Crippen molar-refractivity contribution in [3.8, 4) is 11.5 Å². The van der Waals surface area contributed by atoms with Gasteiger partial charge in [0.15, 0.2) is 11.5 Å². The number of carbonyl (C=O) groups excluding carboxylic acids is 1. The molecule has 5 nitrogen and oxygen atoms in total. The summed E-state index contributed by atoms with van der Waals surface area (Å²) in [5.74, 6) is 0.0187. The number of hydrogen-bond acceptors (Lipinski definition) is 4. The first kappa shape index (κ1) is 18.6. The fourth-order valence-corrected chi connectivity index (χ4v) is 3.74. The number of ether oxygens (including phenoxy) is 2. The lowest BCUT2D eigenvalue weighted by molar-refractivity contribution is -0.0517. The van der Waals surface area contributed by atoms with Crippen molar-refractivity contribution < 1.29 is 19.4 Å². The Morgan fingerprint density at radius 3 is 2.50 bits per heavy atom. The highest BCUT2D eigenvalue weighted by atomic mass is 16.7. The number of hydrogen-bond donors (Lipinski definition) is 1. The summed E-state index contributed by atoms with van der Waals surface area (Å²) in [6.07, 6.45) is 1.62. The summed E-state index contributed by atoms with van der Waals surface area (Å²) in [7, 11) is 0. The molecule has 4 rings (SSSR count). The van der Waals surface area contributed by atoms with Crippen LogP contribution in [0.15, 0.2) is 60.7 Å². The maximum atomic E-state index is 12.9. The van der Waals surface area contributed by atoms with E-state index in [4.69, 9.17) is 9.47 Å². The molecular formula is C23H25NO4. The molecule has 0 bridgehead atoms. The number of nitrogens with zero attached hydrogens (tertiary/aromatic N) is 1. The number of piperidine rings is 1. The molecule has 2 aliphatic rings. The summed E-state index contributed by atoms with van der Waals surface area (Å²) < 4.78 is 12.5. The van der Waals surface area contributed by atoms with Gasteiger partial charge in [0.2, 0.25) is 0 Å². The molecule has 1 amide bonds. The monoisotopic (exact) mass is 379 g/mol. The van der Waals surface area contributed by atoms with Crippen molar-refractivity contribution in [2.24, 2.45) is 0 Å². The molecule has 2 heterocycles. The van der Waals surface area contributed by atoms with Crippen molar-refractivity contribution in [3.63, 3.8) is 0 Å². The van der Waals surface area contributed by atoms with Gasteiger partial charge in [0, 0.05) is 29.8 Å². The molecule has 0 saturated carbocycles. The second kappa shape index (κ2) is 7.32. The minimum Gasteiger partial charge on any atom is -0.441 e. The number of rotatable bonds is 4. The molecule has 2 aliphatic heterocycles. The van der Waals surface area contributed by atoms with E-state index in [9.17, 15) is 9.90 Å². The third-order valence-electron chi connectivity index (χ3n) is 5.50. The quantitative estimate of drug-likeness (QED) is 0.819. The first-order valence-corrected chi connectivity index (χ1v) is 9.76. The van der Waals surface area contributed by atoms with Crippen molar-refractivity contribution in [2.45, 2.75) is 38.1 Å². The summed E-state index contributed by atoms with van der Waals surface area (Å²) in [6, 6.07) is 15.0. The molecule has 0 aliphatic carbocycles. The van der Waals surface area contributed by atoms with Gasteiger partial charge in [-0.3, -0.25) is 4.79 Å². The molecule has 0 spiro atoms. The summed E-state index contributed by atoms with van der Waals surface area (Å²) in [5.41, 5.74) is 2.24. The van der Waals surface area contributed by atoms with Crippen LogP contribution in [0.4, 0.5) is 0 Å². The Morgan fingerprint density at radius 1 is 1.14 bits per heavy atom. The lowest BCUT2D eigenvalue weighted by atomic mass is 9.96. The van der Waals surface area contributed by atoms with Gasteiger partial charge in [0.25, 0.3) is 5.91 Å². The number of aliphatic hydroxyl groups excluding tert-OH is 1. The third kappa shape index (κ3) is 3.16. The minimum absolute atomic E-state index is 0.0511. The highest BCUT2D eigenvalue weighted by Crippen LogP contribution is 2.48. The van der Waals surface area contributed by atoms with Gasteiger partial charge in [-0.05, 0) is 37.5 Å². The number of likely N-dealkylation sites (tertiary alicyclic amines) is 1. The Hall–Kier alpha value is -2.79. The van der Waals surface area contributed by atoms with Gasteiger partial charge in [-0.1, -0.05) is 43.8 Å². The molecular weight excluding hydrogens is 354 g/mol. The Morgan fingerprint density at radius 2 is 1.82 bits per heavy atom. The first-order valence-electron chi connectivity index (χ1n) is 9.76. The molecule has 2 aromatic rings. The zero-order valence-electron chi connectivity index (χ0n) is 16.1. The normalized spacial score (nSPS) is 21.6. The van der Waals surface area contributed by atoms with Crippen LogP contribution in [0.1, 0.15) is 42.1 Å². The van der Waals surface area contributed by atoms with Gasteiger partial charge in [-0.2, -0.15) is 0 Å². The molecule has 1 fully saturated rings. The Balaban J connectivity index is 1.63. The van der Waals surface area contributed by atoms with E-state index in [0.717, 1.165) is 11.1 Å². The molecule has 1 unspecified atom stereocenters. The van der Waals surface area contributed by atoms with Gasteiger partial charge >= 0.3 is 5.79 Å². The van der Waals surface area contributed by atoms with E-state index in [1.54, 1.807) is 23.1 Å². The van der Waals surface area contributed by atoms with Crippen molar-refractivity contribution in [1.29, 1.82) is 0 Å². The molecule has 0 aromatic heterocycles. The maximum absolute atomic E-state index is 12.9. The smallest absolute Gasteiger partial charge is 0.301 e. The van der Waals surface area contributed by atoms with E-state index in [0.29, 0.717) is 49.4 Å². The summed E-state index contributed by atoms with van der Waals surface area (Å²) in [6.45, 7) is 7.32. The largest absolute Gasteiger partial charge is 0.441 e. The fraction of sp³-hybridized carbons (Fsp3) is 0.348. The Kier molecular flexibility index (Phi) is 4.85. The molecule has 5 heteroatoms. The van der Waals surface area contributed by atoms with Crippen LogP contribution in [-0.4, -0.2) is 35.1 Å². The van der Waals surface area contributed by atoms with E-state index < -0.39 is 5.79 Å². The number of amides is 1. The van der Waals surface area contributed by atoms with Crippen LogP contribution in [0.3, 0.4) is 0 Å². The Bertz CT molecular complexity index is 887. The van der Waals surface area contributed by atoms with Crippen molar-refractivity contribution in [1.82, 2.24) is 4.90 Å². The average Bonchev–Trinajstić information content (AvgIpc) is 3.14. The van der Waals surface area contributed by atoms with Gasteiger partial charge in [-0.15, -0.1) is 0 Å². The molecule has 146 valence electrons. The van der Waals surface area contributed by atoms with Crippen LogP contribution >= 0.6 is 0 Å². The van der Waals surface area contributed by atoms with E-state index in [2.05, 4.69) is 6.58 Å². The van der Waals surface area contributed by atoms with Crippen molar-refractivity contribution >= 4 is 5.91 Å². The molecule has 1 N–H and O–H groups in total. The van der Waals surface area contributed by atoms with E-state index >= 15 is 0 Å². The molecule has 0 radical (unpaired) electrons. The van der Waals surface area contributed by atoms with Gasteiger partial charge in [-0.25, -0.2) is 0 Å². The van der Waals surface area contributed by atoms with E-state index in [1.165, 1.54) is 0 Å². The third-order valence-corrected chi connectivity index (χ3v) is 5.50. The second-order valence-electron chi connectivity index (χ2n) is 7.33. The lowest BCUT2D eigenvalue weighted by Gasteiger charge is -2.30. The number of carbonyl (C=O) groups is 1. The molecule has 1 saturated heterocycles. The van der Waals surface area contributed by atoms with Crippen LogP contribution in [0.5, 0.6) is 11.5 Å². The summed E-state index contributed by atoms with van der Waals surface area (Å²) in [4.78, 5) is 14.6. The standard InChI is InChI=1S/C23H25NO4/c1-3-16(2)23(18-7-5-4-6-8-18)27-20-10-9-17(15-21(20)28-23)22(26)24-13-11-19(25)12-14-24/h4-10,15,19,25H,2-3,11-14H2,1H3. The topological polar surface area (TPSA) is 59.0 Å². The summed E-state index contributed by atoms with van der Waals surface area (Å²) in [5, 5.41) is 9.66. The van der Waals surface area contributed by atoms with Crippen molar-refractivity contribution in [3.05, 3.63) is 71.8 Å². The Labute approximate surface area is 165 Å². The zero-order chi connectivity index (χ0) is 19.7. The number of fused-ring (bicyclic) bond motifs is 1. The van der Waals surface area contributed by atoms with Gasteiger partial charge in [0.1, 0.15) is 0 Å². The maximum Gasteiger partial charge on any atom is 0.301 e. The number of benzene rings is 2. The fourth-order valence-electron chi connectivity index (χ4n) is 3.74. The first-order chi connectivity index (χ1) is 13.5. The zero-order valence-corrected chi connectivity index (χ0v) is 16.1. The van der Waals surface area contributed by atoms with Crippen molar-refractivity contribution in [2.75, 3.05) is 13.1 Å². The summed E-state index contributed by atoms with van der Waals surface area (Å²) >= 11 is 0. The van der Waals surface area contributed by atoms with Crippen LogP contribution in [0.25, 0.3) is 0 Å².